The zero-order valence-electron chi connectivity index (χ0n) is 16.1. The minimum atomic E-state index is -0.347. The normalized spacial score (nSPS) is 13.0. The highest BCUT2D eigenvalue weighted by molar-refractivity contribution is 5.82. The Balaban J connectivity index is 2.29. The summed E-state index contributed by atoms with van der Waals surface area (Å²) in [4.78, 5) is 25.3. The number of hydrogen-bond donors (Lipinski definition) is 2. The summed E-state index contributed by atoms with van der Waals surface area (Å²) in [7, 11) is 0. The van der Waals surface area contributed by atoms with E-state index in [2.05, 4.69) is 11.4 Å². The molecule has 0 aliphatic rings. The maximum absolute atomic E-state index is 12.2. The van der Waals surface area contributed by atoms with Gasteiger partial charge in [-0.2, -0.15) is 0 Å². The molecule has 1 atom stereocenters. The Morgan fingerprint density at radius 3 is 2.40 bits per heavy atom. The van der Waals surface area contributed by atoms with Gasteiger partial charge in [-0.3, -0.25) is 4.79 Å². The Kier molecular flexibility index (Phi) is 5.68. The lowest BCUT2D eigenvalue weighted by atomic mass is 10.0. The van der Waals surface area contributed by atoms with Crippen molar-refractivity contribution in [3.63, 3.8) is 0 Å². The first-order valence-corrected chi connectivity index (χ1v) is 8.77. The maximum Gasteiger partial charge on any atom is 0.336 e. The van der Waals surface area contributed by atoms with Crippen LogP contribution in [0.15, 0.2) is 27.4 Å². The van der Waals surface area contributed by atoms with Crippen LogP contribution in [0.3, 0.4) is 0 Å². The quantitative estimate of drug-likeness (QED) is 0.811. The highest BCUT2D eigenvalue weighted by Crippen LogP contribution is 2.21. The van der Waals surface area contributed by atoms with E-state index in [9.17, 15) is 9.59 Å². The van der Waals surface area contributed by atoms with Crippen molar-refractivity contribution in [2.45, 2.75) is 53.6 Å². The van der Waals surface area contributed by atoms with Crippen molar-refractivity contribution in [3.05, 3.63) is 45.3 Å². The van der Waals surface area contributed by atoms with Crippen molar-refractivity contribution in [1.82, 2.24) is 5.32 Å². The molecule has 0 saturated heterocycles. The average Bonchev–Trinajstić information content (AvgIpc) is 2.46. The van der Waals surface area contributed by atoms with Crippen molar-refractivity contribution in [3.8, 4) is 0 Å². The molecule has 5 heteroatoms. The van der Waals surface area contributed by atoms with Crippen LogP contribution in [0.25, 0.3) is 11.0 Å². The van der Waals surface area contributed by atoms with Crippen molar-refractivity contribution >= 4 is 16.9 Å². The molecule has 2 aromatic rings. The van der Waals surface area contributed by atoms with E-state index in [0.717, 1.165) is 33.5 Å². The number of likely N-dealkylation sites (N-methyl/N-ethyl adjacent to an activating group) is 1. The molecule has 0 fully saturated rings. The molecule has 0 aliphatic carbocycles. The monoisotopic (exact) mass is 345 g/mol. The molecule has 0 radical (unpaired) electrons. The Hall–Kier alpha value is -2.14. The summed E-state index contributed by atoms with van der Waals surface area (Å²) in [5, 5.41) is 3.94. The largest absolute Gasteiger partial charge is 0.423 e. The third-order valence-corrected chi connectivity index (χ3v) is 4.31. The zero-order valence-corrected chi connectivity index (χ0v) is 16.1. The molecular weight excluding hydrogens is 316 g/mol. The first-order valence-electron chi connectivity index (χ1n) is 8.77. The van der Waals surface area contributed by atoms with Crippen LogP contribution in [0.1, 0.15) is 44.4 Å². The first kappa shape index (κ1) is 19.2. The highest BCUT2D eigenvalue weighted by atomic mass is 16.4. The molecule has 1 aromatic carbocycles. The lowest BCUT2D eigenvalue weighted by molar-refractivity contribution is -0.904. The van der Waals surface area contributed by atoms with Crippen LogP contribution < -0.4 is 15.8 Å². The fourth-order valence-electron chi connectivity index (χ4n) is 2.90. The van der Waals surface area contributed by atoms with E-state index >= 15 is 0 Å². The van der Waals surface area contributed by atoms with Gasteiger partial charge in [0.1, 0.15) is 12.1 Å². The van der Waals surface area contributed by atoms with Gasteiger partial charge in [-0.25, -0.2) is 4.79 Å². The van der Waals surface area contributed by atoms with Crippen LogP contribution in [0.2, 0.25) is 0 Å². The van der Waals surface area contributed by atoms with Gasteiger partial charge in [0.2, 0.25) is 0 Å². The molecule has 1 amide bonds. The molecule has 5 nitrogen and oxygen atoms in total. The molecule has 2 N–H and O–H groups in total. The van der Waals surface area contributed by atoms with Crippen molar-refractivity contribution < 1.29 is 14.1 Å². The molecule has 136 valence electrons. The van der Waals surface area contributed by atoms with E-state index in [1.54, 1.807) is 6.07 Å². The number of carbonyl (C=O) groups is 1. The van der Waals surface area contributed by atoms with Gasteiger partial charge in [-0.15, -0.1) is 0 Å². The number of amides is 1. The number of rotatable bonds is 5. The van der Waals surface area contributed by atoms with Gasteiger partial charge < -0.3 is 14.6 Å². The summed E-state index contributed by atoms with van der Waals surface area (Å²) in [6.45, 7) is 13.8. The first-order chi connectivity index (χ1) is 11.6. The van der Waals surface area contributed by atoms with Gasteiger partial charge in [0.05, 0.1) is 6.54 Å². The van der Waals surface area contributed by atoms with Crippen molar-refractivity contribution in [1.29, 1.82) is 0 Å². The number of nitrogens with one attached hydrogen (secondary N) is 2. The van der Waals surface area contributed by atoms with Crippen LogP contribution in [0, 0.1) is 13.8 Å². The number of carbonyl (C=O) groups excluding carboxylic acids is 1. The fraction of sp³-hybridized carbons (Fsp3) is 0.500. The van der Waals surface area contributed by atoms with Gasteiger partial charge in [0.25, 0.3) is 5.91 Å². The van der Waals surface area contributed by atoms with Gasteiger partial charge in [0, 0.05) is 22.6 Å². The van der Waals surface area contributed by atoms with Crippen molar-refractivity contribution in [2.24, 2.45) is 0 Å². The van der Waals surface area contributed by atoms with Gasteiger partial charge >= 0.3 is 5.63 Å². The Bertz CT molecular complexity index is 831. The smallest absolute Gasteiger partial charge is 0.336 e. The summed E-state index contributed by atoms with van der Waals surface area (Å²) in [6, 6.07) is 5.52. The number of hydrogen-bond acceptors (Lipinski definition) is 3. The second kappa shape index (κ2) is 7.40. The Labute approximate surface area is 149 Å². The molecule has 0 aliphatic heterocycles. The van der Waals surface area contributed by atoms with E-state index in [1.807, 2.05) is 47.6 Å². The second-order valence-corrected chi connectivity index (χ2v) is 7.78. The van der Waals surface area contributed by atoms with E-state index in [1.165, 1.54) is 0 Å². The molecule has 1 aromatic heterocycles. The molecule has 0 bridgehead atoms. The molecule has 1 unspecified atom stereocenters. The van der Waals surface area contributed by atoms with Gasteiger partial charge in [-0.1, -0.05) is 0 Å². The summed E-state index contributed by atoms with van der Waals surface area (Å²) < 4.78 is 5.36. The maximum atomic E-state index is 12.2. The van der Waals surface area contributed by atoms with E-state index in [0.29, 0.717) is 18.7 Å². The SMILES string of the molecule is CC[NH+](CC(=O)NC(C)(C)C)Cc1cc(=O)oc2cc(C)c(C)cc12. The fourth-order valence-corrected chi connectivity index (χ4v) is 2.90. The van der Waals surface area contributed by atoms with E-state index in [4.69, 9.17) is 4.42 Å². The third kappa shape index (κ3) is 5.16. The summed E-state index contributed by atoms with van der Waals surface area (Å²) >= 11 is 0. The predicted octanol–water partition coefficient (Wildman–Crippen LogP) is 1.73. The van der Waals surface area contributed by atoms with Crippen LogP contribution in [0.4, 0.5) is 0 Å². The van der Waals surface area contributed by atoms with Crippen LogP contribution >= 0.6 is 0 Å². The van der Waals surface area contributed by atoms with Gasteiger partial charge in [0.15, 0.2) is 6.54 Å². The zero-order chi connectivity index (χ0) is 18.8. The molecular formula is C20H29N2O3+. The lowest BCUT2D eigenvalue weighted by Gasteiger charge is -2.23. The van der Waals surface area contributed by atoms with Crippen LogP contribution in [-0.2, 0) is 11.3 Å². The Morgan fingerprint density at radius 2 is 1.80 bits per heavy atom. The molecule has 0 saturated carbocycles. The number of aryl methyl sites for hydroxylation is 2. The van der Waals surface area contributed by atoms with E-state index in [-0.39, 0.29) is 17.1 Å². The molecule has 25 heavy (non-hydrogen) atoms. The molecule has 1 heterocycles. The molecule has 0 spiro atoms. The highest BCUT2D eigenvalue weighted by Gasteiger charge is 2.20. The number of quaternary nitrogens is 1. The summed E-state index contributed by atoms with van der Waals surface area (Å²) in [5.41, 5.74) is 3.20. The predicted molar refractivity (Wildman–Crippen MR) is 99.9 cm³/mol. The molecule has 2 rings (SSSR count). The van der Waals surface area contributed by atoms with E-state index < -0.39 is 0 Å². The minimum Gasteiger partial charge on any atom is -0.423 e. The van der Waals surface area contributed by atoms with Crippen molar-refractivity contribution in [2.75, 3.05) is 13.1 Å². The standard InChI is InChI=1S/C20H28N2O3/c1-7-22(12-18(23)21-20(4,5)6)11-15-10-19(24)25-17-9-14(3)13(2)8-16(15)17/h8-10H,7,11-12H2,1-6H3,(H,21,23)/p+1. The van der Waals surface area contributed by atoms with Crippen LogP contribution in [-0.4, -0.2) is 24.5 Å². The number of benzene rings is 1. The van der Waals surface area contributed by atoms with Gasteiger partial charge in [-0.05, 0) is 64.8 Å². The summed E-state index contributed by atoms with van der Waals surface area (Å²) in [6.07, 6.45) is 0. The third-order valence-electron chi connectivity index (χ3n) is 4.31. The minimum absolute atomic E-state index is 0.0173. The summed E-state index contributed by atoms with van der Waals surface area (Å²) in [5.74, 6) is 0.0173. The topological polar surface area (TPSA) is 63.8 Å². The Morgan fingerprint density at radius 1 is 1.16 bits per heavy atom. The lowest BCUT2D eigenvalue weighted by Crippen LogP contribution is -3.11. The average molecular weight is 345 g/mol. The number of fused-ring (bicyclic) bond motifs is 1. The van der Waals surface area contributed by atoms with Crippen LogP contribution in [0.5, 0.6) is 0 Å². The second-order valence-electron chi connectivity index (χ2n) is 7.78.